The highest BCUT2D eigenvalue weighted by Gasteiger charge is 2.10. The summed E-state index contributed by atoms with van der Waals surface area (Å²) in [5.74, 6) is -0.0778. The summed E-state index contributed by atoms with van der Waals surface area (Å²) in [5.41, 5.74) is 0.711. The van der Waals surface area contributed by atoms with E-state index in [9.17, 15) is 9.59 Å². The van der Waals surface area contributed by atoms with Crippen molar-refractivity contribution in [3.05, 3.63) is 24.3 Å². The molecule has 1 aromatic carbocycles. The van der Waals surface area contributed by atoms with Gasteiger partial charge in [0.25, 0.3) is 0 Å². The molecular formula is C18H26N2O5S. The van der Waals surface area contributed by atoms with E-state index in [2.05, 4.69) is 17.6 Å². The van der Waals surface area contributed by atoms with E-state index in [1.165, 1.54) is 7.11 Å². The number of carbonyl (C=O) groups is 2. The summed E-state index contributed by atoms with van der Waals surface area (Å²) in [6.07, 6.45) is 2.03. The second kappa shape index (κ2) is 13.1. The molecule has 0 fully saturated rings. The number of amides is 1. The van der Waals surface area contributed by atoms with Crippen molar-refractivity contribution in [3.8, 4) is 5.75 Å². The van der Waals surface area contributed by atoms with Crippen LogP contribution in [-0.4, -0.2) is 43.9 Å². The van der Waals surface area contributed by atoms with Crippen molar-refractivity contribution in [2.75, 3.05) is 32.2 Å². The summed E-state index contributed by atoms with van der Waals surface area (Å²) in [6, 6.07) is 7.32. The number of thiocarbonyl (C=S) groups is 1. The van der Waals surface area contributed by atoms with Gasteiger partial charge in [-0.2, -0.15) is 0 Å². The van der Waals surface area contributed by atoms with Crippen molar-refractivity contribution in [1.82, 2.24) is 5.32 Å². The molecule has 0 unspecified atom stereocenters. The Balaban J connectivity index is 2.33. The number of rotatable bonds is 11. The van der Waals surface area contributed by atoms with Crippen molar-refractivity contribution >= 4 is 34.9 Å². The minimum atomic E-state index is -0.451. The predicted molar refractivity (Wildman–Crippen MR) is 103 cm³/mol. The molecule has 1 aromatic rings. The lowest BCUT2D eigenvalue weighted by Gasteiger charge is -2.11. The number of hydrogen-bond donors (Lipinski definition) is 2. The van der Waals surface area contributed by atoms with Crippen LogP contribution in [-0.2, 0) is 19.1 Å². The SMILES string of the molecule is CCCCOc1cccc(NC(=S)NC(=O)CCC(=O)OCCOC)c1. The number of methoxy groups -OCH3 is 1. The molecule has 0 radical (unpaired) electrons. The van der Waals surface area contributed by atoms with Gasteiger partial charge in [-0.25, -0.2) is 0 Å². The lowest BCUT2D eigenvalue weighted by atomic mass is 10.3. The van der Waals surface area contributed by atoms with Crippen molar-refractivity contribution in [2.24, 2.45) is 0 Å². The minimum Gasteiger partial charge on any atom is -0.494 e. The second-order valence-electron chi connectivity index (χ2n) is 5.45. The molecule has 0 heterocycles. The molecule has 0 atom stereocenters. The molecule has 1 amide bonds. The van der Waals surface area contributed by atoms with Gasteiger partial charge in [-0.1, -0.05) is 19.4 Å². The first-order chi connectivity index (χ1) is 12.5. The van der Waals surface area contributed by atoms with Gasteiger partial charge < -0.3 is 24.8 Å². The van der Waals surface area contributed by atoms with Gasteiger partial charge in [0.15, 0.2) is 5.11 Å². The van der Waals surface area contributed by atoms with Crippen LogP contribution in [0.1, 0.15) is 32.6 Å². The van der Waals surface area contributed by atoms with E-state index in [1.54, 1.807) is 6.07 Å². The lowest BCUT2D eigenvalue weighted by molar-refractivity contribution is -0.146. The molecule has 0 aliphatic heterocycles. The van der Waals surface area contributed by atoms with E-state index >= 15 is 0 Å². The Bertz CT molecular complexity index is 595. The van der Waals surface area contributed by atoms with E-state index < -0.39 is 5.97 Å². The van der Waals surface area contributed by atoms with Gasteiger partial charge in [0.2, 0.25) is 5.91 Å². The summed E-state index contributed by atoms with van der Waals surface area (Å²) in [7, 11) is 1.52. The monoisotopic (exact) mass is 382 g/mol. The second-order valence-corrected chi connectivity index (χ2v) is 5.85. The van der Waals surface area contributed by atoms with E-state index in [0.29, 0.717) is 18.9 Å². The minimum absolute atomic E-state index is 0.00615. The predicted octanol–water partition coefficient (Wildman–Crippen LogP) is 2.65. The highest BCUT2D eigenvalue weighted by atomic mass is 32.1. The standard InChI is InChI=1S/C18H26N2O5S/c1-3-4-10-24-15-7-5-6-14(13-15)19-18(26)20-16(21)8-9-17(22)25-12-11-23-2/h5-7,13H,3-4,8-12H2,1-2H3,(H2,19,20,21,26). The molecular weight excluding hydrogens is 356 g/mol. The third-order valence-corrected chi connectivity index (χ3v) is 3.42. The maximum atomic E-state index is 11.8. The first-order valence-electron chi connectivity index (χ1n) is 8.53. The summed E-state index contributed by atoms with van der Waals surface area (Å²) in [5, 5.41) is 5.61. The number of esters is 1. The van der Waals surface area contributed by atoms with Gasteiger partial charge in [0.05, 0.1) is 19.6 Å². The molecule has 26 heavy (non-hydrogen) atoms. The fraction of sp³-hybridized carbons (Fsp3) is 0.500. The third kappa shape index (κ3) is 9.95. The van der Waals surface area contributed by atoms with E-state index in [0.717, 1.165) is 18.6 Å². The van der Waals surface area contributed by atoms with Crippen molar-refractivity contribution < 1.29 is 23.8 Å². The van der Waals surface area contributed by atoms with Crippen LogP contribution >= 0.6 is 12.2 Å². The molecule has 0 aliphatic carbocycles. The Morgan fingerprint density at radius 1 is 1.15 bits per heavy atom. The summed E-state index contributed by atoms with van der Waals surface area (Å²) < 4.78 is 15.3. The highest BCUT2D eigenvalue weighted by Crippen LogP contribution is 2.17. The van der Waals surface area contributed by atoms with Gasteiger partial charge in [0.1, 0.15) is 12.4 Å². The zero-order valence-corrected chi connectivity index (χ0v) is 16.0. The average Bonchev–Trinajstić information content (AvgIpc) is 2.60. The van der Waals surface area contributed by atoms with Crippen LogP contribution in [0.15, 0.2) is 24.3 Å². The first-order valence-corrected chi connectivity index (χ1v) is 8.94. The van der Waals surface area contributed by atoms with Crippen LogP contribution < -0.4 is 15.4 Å². The summed E-state index contributed by atoms with van der Waals surface area (Å²) in [4.78, 5) is 23.2. The van der Waals surface area contributed by atoms with Crippen molar-refractivity contribution in [1.29, 1.82) is 0 Å². The van der Waals surface area contributed by atoms with Crippen LogP contribution in [0.25, 0.3) is 0 Å². The van der Waals surface area contributed by atoms with E-state index in [1.807, 2.05) is 18.2 Å². The van der Waals surface area contributed by atoms with Gasteiger partial charge in [0, 0.05) is 25.3 Å². The molecule has 2 N–H and O–H groups in total. The van der Waals surface area contributed by atoms with Gasteiger partial charge in [-0.3, -0.25) is 9.59 Å². The van der Waals surface area contributed by atoms with Gasteiger partial charge >= 0.3 is 5.97 Å². The highest BCUT2D eigenvalue weighted by molar-refractivity contribution is 7.80. The van der Waals surface area contributed by atoms with Crippen LogP contribution in [0.5, 0.6) is 5.75 Å². The number of anilines is 1. The molecule has 0 spiro atoms. The normalized spacial score (nSPS) is 10.1. The number of hydrogen-bond acceptors (Lipinski definition) is 6. The fourth-order valence-electron chi connectivity index (χ4n) is 1.88. The Hall–Kier alpha value is -2.19. The Kier molecular flexibility index (Phi) is 11.0. The number of nitrogens with one attached hydrogen (secondary N) is 2. The van der Waals surface area contributed by atoms with Gasteiger partial charge in [-0.05, 0) is 30.8 Å². The fourth-order valence-corrected chi connectivity index (χ4v) is 2.11. The first kappa shape index (κ1) is 21.9. The lowest BCUT2D eigenvalue weighted by Crippen LogP contribution is -2.34. The maximum absolute atomic E-state index is 11.8. The molecule has 0 aromatic heterocycles. The zero-order valence-electron chi connectivity index (χ0n) is 15.2. The van der Waals surface area contributed by atoms with Crippen LogP contribution in [0.2, 0.25) is 0 Å². The summed E-state index contributed by atoms with van der Waals surface area (Å²) in [6.45, 7) is 3.25. The Labute approximate surface area is 159 Å². The molecule has 8 heteroatoms. The molecule has 144 valence electrons. The number of unbranched alkanes of at least 4 members (excludes halogenated alkanes) is 1. The van der Waals surface area contributed by atoms with Crippen molar-refractivity contribution in [2.45, 2.75) is 32.6 Å². The van der Waals surface area contributed by atoms with E-state index in [4.69, 9.17) is 26.4 Å². The summed E-state index contributed by atoms with van der Waals surface area (Å²) >= 11 is 5.11. The molecule has 1 rings (SSSR count). The number of benzene rings is 1. The largest absolute Gasteiger partial charge is 0.494 e. The topological polar surface area (TPSA) is 85.9 Å². The number of ether oxygens (including phenoxy) is 3. The van der Waals surface area contributed by atoms with Crippen molar-refractivity contribution in [3.63, 3.8) is 0 Å². The van der Waals surface area contributed by atoms with Crippen LogP contribution in [0.4, 0.5) is 5.69 Å². The Morgan fingerprint density at radius 3 is 2.69 bits per heavy atom. The number of carbonyl (C=O) groups excluding carboxylic acids is 2. The smallest absolute Gasteiger partial charge is 0.306 e. The Morgan fingerprint density at radius 2 is 1.96 bits per heavy atom. The molecule has 0 saturated heterocycles. The molecule has 7 nitrogen and oxygen atoms in total. The molecule has 0 saturated carbocycles. The molecule has 0 aliphatic rings. The molecule has 0 bridgehead atoms. The van der Waals surface area contributed by atoms with Crippen LogP contribution in [0, 0.1) is 0 Å². The maximum Gasteiger partial charge on any atom is 0.306 e. The zero-order chi connectivity index (χ0) is 19.2. The average molecular weight is 382 g/mol. The van der Waals surface area contributed by atoms with Gasteiger partial charge in [-0.15, -0.1) is 0 Å². The third-order valence-electron chi connectivity index (χ3n) is 3.22. The quantitative estimate of drug-likeness (QED) is 0.346. The van der Waals surface area contributed by atoms with Crippen LogP contribution in [0.3, 0.4) is 0 Å². The van der Waals surface area contributed by atoms with E-state index in [-0.39, 0.29) is 30.5 Å².